The minimum Gasteiger partial charge on any atom is -0.407 e. The Balaban J connectivity index is 2.67. The van der Waals surface area contributed by atoms with Crippen LogP contribution in [0.5, 0.6) is 0 Å². The lowest BCUT2D eigenvalue weighted by molar-refractivity contribution is 0.541. The first-order chi connectivity index (χ1) is 5.29. The van der Waals surface area contributed by atoms with E-state index in [1.807, 2.05) is 19.1 Å². The number of benzene rings is 1. The second-order valence-electron chi connectivity index (χ2n) is 2.78. The minimum atomic E-state index is -0.256. The zero-order valence-corrected chi connectivity index (χ0v) is 5.92. The van der Waals surface area contributed by atoms with Crippen molar-refractivity contribution in [1.29, 1.82) is 0 Å². The van der Waals surface area contributed by atoms with Crippen molar-refractivity contribution >= 4 is 11.1 Å². The third kappa shape index (κ3) is 0.411. The Morgan fingerprint density at radius 3 is 3.00 bits per heavy atom. The van der Waals surface area contributed by atoms with Crippen LogP contribution in [0.3, 0.4) is 0 Å². The van der Waals surface area contributed by atoms with Gasteiger partial charge in [0, 0.05) is 0 Å². The molecule has 2 aromatic rings. The predicted molar refractivity (Wildman–Crippen MR) is 40.1 cm³/mol. The van der Waals surface area contributed by atoms with Crippen LogP contribution in [0.1, 0.15) is 5.56 Å². The van der Waals surface area contributed by atoms with E-state index in [1.54, 1.807) is 4.57 Å². The van der Waals surface area contributed by atoms with Crippen LogP contribution in [0.15, 0.2) is 21.3 Å². The van der Waals surface area contributed by atoms with Crippen LogP contribution in [0.2, 0.25) is 0 Å². The molecule has 11 heavy (non-hydrogen) atoms. The number of oxazole rings is 1. The van der Waals surface area contributed by atoms with Crippen LogP contribution < -0.4 is 5.76 Å². The van der Waals surface area contributed by atoms with Crippen molar-refractivity contribution in [1.82, 2.24) is 4.57 Å². The van der Waals surface area contributed by atoms with Gasteiger partial charge in [-0.25, -0.2) is 9.36 Å². The van der Waals surface area contributed by atoms with E-state index in [9.17, 15) is 4.79 Å². The monoisotopic (exact) mass is 147 g/mol. The van der Waals surface area contributed by atoms with Gasteiger partial charge in [0.2, 0.25) is 0 Å². The summed E-state index contributed by atoms with van der Waals surface area (Å²) in [6.45, 7) is 1.99. The molecule has 0 fully saturated rings. The fourth-order valence-electron chi connectivity index (χ4n) is 1.52. The smallest absolute Gasteiger partial charge is 0.407 e. The summed E-state index contributed by atoms with van der Waals surface area (Å²) in [5, 5.41) is 0. The van der Waals surface area contributed by atoms with E-state index >= 15 is 0 Å². The SMILES string of the molecule is Cc1ccc2oc(=O)n3c2c1-3. The highest BCUT2D eigenvalue weighted by Crippen LogP contribution is 2.36. The van der Waals surface area contributed by atoms with Crippen molar-refractivity contribution < 1.29 is 4.42 Å². The normalized spacial score (nSPS) is 12.5. The number of nitrogens with zero attached hydrogens (tertiary/aromatic N) is 1. The van der Waals surface area contributed by atoms with Crippen LogP contribution in [0.4, 0.5) is 0 Å². The van der Waals surface area contributed by atoms with E-state index < -0.39 is 0 Å². The van der Waals surface area contributed by atoms with Crippen LogP contribution in [0, 0.1) is 6.92 Å². The Labute approximate surface area is 61.9 Å². The van der Waals surface area contributed by atoms with E-state index in [-0.39, 0.29) is 5.76 Å². The molecule has 54 valence electrons. The number of fused-ring (bicyclic) bond motifs is 1. The number of aryl methyl sites for hydroxylation is 1. The molecule has 0 radical (unpaired) electrons. The van der Waals surface area contributed by atoms with E-state index in [4.69, 9.17) is 4.42 Å². The van der Waals surface area contributed by atoms with Gasteiger partial charge < -0.3 is 4.42 Å². The maximum atomic E-state index is 11.0. The average Bonchev–Trinajstić information content (AvgIpc) is 2.63. The molecule has 3 nitrogen and oxygen atoms in total. The lowest BCUT2D eigenvalue weighted by Gasteiger charge is -1.88. The Morgan fingerprint density at radius 1 is 1.45 bits per heavy atom. The largest absolute Gasteiger partial charge is 0.424 e. The van der Waals surface area contributed by atoms with Crippen LogP contribution >= 0.6 is 0 Å². The first-order valence-corrected chi connectivity index (χ1v) is 3.44. The van der Waals surface area contributed by atoms with Crippen molar-refractivity contribution in [3.05, 3.63) is 28.2 Å². The molecular formula is C8H5NO2. The summed E-state index contributed by atoms with van der Waals surface area (Å²) in [6.07, 6.45) is 0. The molecule has 0 amide bonds. The summed E-state index contributed by atoms with van der Waals surface area (Å²) >= 11 is 0. The molecule has 3 heteroatoms. The summed E-state index contributed by atoms with van der Waals surface area (Å²) in [4.78, 5) is 11.0. The van der Waals surface area contributed by atoms with Crippen molar-refractivity contribution in [2.75, 3.05) is 0 Å². The molecule has 0 unspecified atom stereocenters. The molecule has 0 spiro atoms. The lowest BCUT2D eigenvalue weighted by Crippen LogP contribution is -2.02. The van der Waals surface area contributed by atoms with Crippen molar-refractivity contribution in [3.8, 4) is 5.69 Å². The molecular weight excluding hydrogens is 142 g/mol. The molecule has 0 saturated carbocycles. The molecule has 0 saturated heterocycles. The Hall–Kier alpha value is -1.51. The number of hydrogen-bond acceptors (Lipinski definition) is 2. The van der Waals surface area contributed by atoms with E-state index in [0.29, 0.717) is 5.58 Å². The summed E-state index contributed by atoms with van der Waals surface area (Å²) in [5.74, 6) is -0.256. The summed E-state index contributed by atoms with van der Waals surface area (Å²) in [7, 11) is 0. The van der Waals surface area contributed by atoms with Gasteiger partial charge in [0.25, 0.3) is 0 Å². The average molecular weight is 147 g/mol. The maximum absolute atomic E-state index is 11.0. The topological polar surface area (TPSA) is 35.1 Å². The van der Waals surface area contributed by atoms with Gasteiger partial charge in [-0.1, -0.05) is 6.07 Å². The van der Waals surface area contributed by atoms with Gasteiger partial charge in [0.05, 0.1) is 5.69 Å². The maximum Gasteiger partial charge on any atom is 0.424 e. The fraction of sp³-hybridized carbons (Fsp3) is 0.125. The van der Waals surface area contributed by atoms with Gasteiger partial charge >= 0.3 is 5.76 Å². The molecule has 1 aliphatic heterocycles. The third-order valence-electron chi connectivity index (χ3n) is 2.09. The molecule has 0 bridgehead atoms. The van der Waals surface area contributed by atoms with Crippen molar-refractivity contribution in [2.45, 2.75) is 6.92 Å². The van der Waals surface area contributed by atoms with Crippen molar-refractivity contribution in [2.24, 2.45) is 0 Å². The standard InChI is InChI=1S/C8H5NO2/c1-4-2-3-5-7-6(4)9(7)8(10)11-5/h2-3H,1H3. The summed E-state index contributed by atoms with van der Waals surface area (Å²) in [6, 6.07) is 3.79. The van der Waals surface area contributed by atoms with E-state index in [2.05, 4.69) is 0 Å². The van der Waals surface area contributed by atoms with Gasteiger partial charge in [0.1, 0.15) is 5.52 Å². The molecule has 0 N–H and O–H groups in total. The summed E-state index contributed by atoms with van der Waals surface area (Å²) < 4.78 is 6.49. The van der Waals surface area contributed by atoms with Crippen LogP contribution in [0.25, 0.3) is 16.8 Å². The van der Waals surface area contributed by atoms with Crippen LogP contribution in [-0.4, -0.2) is 4.57 Å². The predicted octanol–water partition coefficient (Wildman–Crippen LogP) is 1.21. The minimum absolute atomic E-state index is 0.256. The highest BCUT2D eigenvalue weighted by atomic mass is 16.4. The van der Waals surface area contributed by atoms with Gasteiger partial charge in [0.15, 0.2) is 5.58 Å². The molecule has 1 aliphatic rings. The number of hydrogen-bond donors (Lipinski definition) is 0. The Bertz CT molecular complexity index is 519. The second kappa shape index (κ2) is 1.25. The zero-order chi connectivity index (χ0) is 7.59. The van der Waals surface area contributed by atoms with Gasteiger partial charge in [-0.2, -0.15) is 0 Å². The molecule has 1 aromatic heterocycles. The molecule has 1 aromatic carbocycles. The van der Waals surface area contributed by atoms with Gasteiger partial charge in [-0.3, -0.25) is 0 Å². The molecule has 3 rings (SSSR count). The Morgan fingerprint density at radius 2 is 2.27 bits per heavy atom. The quantitative estimate of drug-likeness (QED) is 0.479. The first kappa shape index (κ1) is 5.18. The molecule has 0 atom stereocenters. The highest BCUT2D eigenvalue weighted by Gasteiger charge is 2.29. The van der Waals surface area contributed by atoms with Gasteiger partial charge in [-0.05, 0) is 18.6 Å². The van der Waals surface area contributed by atoms with Crippen LogP contribution in [-0.2, 0) is 0 Å². The molecule has 2 heterocycles. The third-order valence-corrected chi connectivity index (χ3v) is 2.09. The first-order valence-electron chi connectivity index (χ1n) is 3.44. The van der Waals surface area contributed by atoms with Crippen molar-refractivity contribution in [3.63, 3.8) is 0 Å². The fourth-order valence-corrected chi connectivity index (χ4v) is 1.52. The lowest BCUT2D eigenvalue weighted by atomic mass is 10.2. The van der Waals surface area contributed by atoms with E-state index in [0.717, 1.165) is 16.8 Å². The summed E-state index contributed by atoms with van der Waals surface area (Å²) in [5.41, 5.74) is 3.85. The highest BCUT2D eigenvalue weighted by molar-refractivity contribution is 5.96. The van der Waals surface area contributed by atoms with E-state index in [1.165, 1.54) is 0 Å². The number of rotatable bonds is 0. The van der Waals surface area contributed by atoms with Gasteiger partial charge in [-0.15, -0.1) is 0 Å². The molecule has 0 aliphatic carbocycles. The Kier molecular flexibility index (Phi) is 0.591. The number of aromatic nitrogens is 1. The second-order valence-corrected chi connectivity index (χ2v) is 2.78. The zero-order valence-electron chi connectivity index (χ0n) is 5.92.